The molecule has 0 saturated heterocycles. The lowest BCUT2D eigenvalue weighted by Gasteiger charge is -2.13. The van der Waals surface area contributed by atoms with Crippen LogP contribution < -0.4 is 20.3 Å². The number of ether oxygens (including phenoxy) is 2. The third kappa shape index (κ3) is 7.65. The molecule has 0 aliphatic carbocycles. The molecule has 9 heteroatoms. The molecule has 0 aromatic heterocycles. The molecule has 3 aromatic rings. The molecule has 0 aliphatic rings. The maximum Gasteiger partial charge on any atom is 0.273 e. The molecule has 0 unspecified atom stereocenters. The molecule has 0 fully saturated rings. The Kier molecular flexibility index (Phi) is 8.04. The number of hydrazine groups is 1. The SMILES string of the molecule is CS(=O)(=O)Cc1cccc(C(=O)NNC(=O)c2ccccc2OCCOc2ccccc2)c1. The molecule has 0 bridgehead atoms. The normalized spacial score (nSPS) is 10.8. The molecule has 0 atom stereocenters. The van der Waals surface area contributed by atoms with Crippen LogP contribution in [0, 0.1) is 0 Å². The molecule has 0 saturated carbocycles. The van der Waals surface area contributed by atoms with Crippen molar-refractivity contribution in [2.75, 3.05) is 19.5 Å². The first-order chi connectivity index (χ1) is 15.8. The van der Waals surface area contributed by atoms with E-state index >= 15 is 0 Å². The third-order valence-electron chi connectivity index (χ3n) is 4.39. The van der Waals surface area contributed by atoms with Crippen molar-refractivity contribution in [3.8, 4) is 11.5 Å². The second-order valence-electron chi connectivity index (χ2n) is 7.18. The van der Waals surface area contributed by atoms with E-state index in [2.05, 4.69) is 10.9 Å². The zero-order valence-corrected chi connectivity index (χ0v) is 18.8. The minimum atomic E-state index is -3.24. The number of hydrogen-bond donors (Lipinski definition) is 2. The van der Waals surface area contributed by atoms with E-state index < -0.39 is 21.7 Å². The number of para-hydroxylation sites is 2. The van der Waals surface area contributed by atoms with E-state index in [1.54, 1.807) is 36.4 Å². The van der Waals surface area contributed by atoms with Gasteiger partial charge in [0.05, 0.1) is 11.3 Å². The highest BCUT2D eigenvalue weighted by Crippen LogP contribution is 2.18. The van der Waals surface area contributed by atoms with Crippen molar-refractivity contribution < 1.29 is 27.5 Å². The molecule has 3 rings (SSSR count). The zero-order valence-electron chi connectivity index (χ0n) is 18.0. The van der Waals surface area contributed by atoms with Gasteiger partial charge in [-0.05, 0) is 42.0 Å². The Hall–Kier alpha value is -3.85. The maximum absolute atomic E-state index is 12.6. The Morgan fingerprint density at radius 1 is 0.788 bits per heavy atom. The third-order valence-corrected chi connectivity index (χ3v) is 5.25. The largest absolute Gasteiger partial charge is 0.490 e. The fourth-order valence-electron chi connectivity index (χ4n) is 2.97. The molecule has 2 amide bonds. The van der Waals surface area contributed by atoms with E-state index in [1.165, 1.54) is 12.1 Å². The monoisotopic (exact) mass is 468 g/mol. The molecule has 8 nitrogen and oxygen atoms in total. The Morgan fingerprint density at radius 2 is 1.45 bits per heavy atom. The maximum atomic E-state index is 12.6. The fourth-order valence-corrected chi connectivity index (χ4v) is 3.75. The van der Waals surface area contributed by atoms with Crippen LogP contribution in [0.15, 0.2) is 78.9 Å². The second-order valence-corrected chi connectivity index (χ2v) is 9.33. The van der Waals surface area contributed by atoms with Gasteiger partial charge >= 0.3 is 0 Å². The van der Waals surface area contributed by atoms with Crippen molar-refractivity contribution in [1.82, 2.24) is 10.9 Å². The van der Waals surface area contributed by atoms with Crippen molar-refractivity contribution in [2.45, 2.75) is 5.75 Å². The molecular weight excluding hydrogens is 444 g/mol. The van der Waals surface area contributed by atoms with Crippen LogP contribution in [0.2, 0.25) is 0 Å². The number of nitrogens with one attached hydrogen (secondary N) is 2. The summed E-state index contributed by atoms with van der Waals surface area (Å²) in [7, 11) is -3.24. The number of hydrogen-bond acceptors (Lipinski definition) is 6. The van der Waals surface area contributed by atoms with E-state index in [4.69, 9.17) is 9.47 Å². The van der Waals surface area contributed by atoms with Gasteiger partial charge in [-0.25, -0.2) is 8.42 Å². The van der Waals surface area contributed by atoms with Crippen LogP contribution >= 0.6 is 0 Å². The highest BCUT2D eigenvalue weighted by atomic mass is 32.2. The Morgan fingerprint density at radius 3 is 2.21 bits per heavy atom. The molecule has 0 heterocycles. The van der Waals surface area contributed by atoms with E-state index in [0.717, 1.165) is 12.0 Å². The zero-order chi connectivity index (χ0) is 23.7. The quantitative estimate of drug-likeness (QED) is 0.369. The lowest BCUT2D eigenvalue weighted by Crippen LogP contribution is -2.41. The minimum Gasteiger partial charge on any atom is -0.490 e. The van der Waals surface area contributed by atoms with Crippen molar-refractivity contribution >= 4 is 21.7 Å². The summed E-state index contributed by atoms with van der Waals surface area (Å²) in [6, 6.07) is 22.1. The molecule has 0 radical (unpaired) electrons. The summed E-state index contributed by atoms with van der Waals surface area (Å²) in [6.45, 7) is 0.513. The predicted molar refractivity (Wildman–Crippen MR) is 124 cm³/mol. The van der Waals surface area contributed by atoms with Crippen LogP contribution in [0.5, 0.6) is 11.5 Å². The Bertz CT molecular complexity index is 1210. The van der Waals surface area contributed by atoms with E-state index in [0.29, 0.717) is 17.9 Å². The van der Waals surface area contributed by atoms with Gasteiger partial charge in [-0.1, -0.05) is 42.5 Å². The molecule has 2 N–H and O–H groups in total. The van der Waals surface area contributed by atoms with Crippen LogP contribution in [-0.4, -0.2) is 39.7 Å². The van der Waals surface area contributed by atoms with Gasteiger partial charge in [0.2, 0.25) is 0 Å². The standard InChI is InChI=1S/C24H24N2O6S/c1-33(29,30)17-18-8-7-9-19(16-18)23(27)25-26-24(28)21-12-5-6-13-22(21)32-15-14-31-20-10-3-2-4-11-20/h2-13,16H,14-15,17H2,1H3,(H,25,27)(H,26,28). The first kappa shape index (κ1) is 23.8. The molecule has 33 heavy (non-hydrogen) atoms. The van der Waals surface area contributed by atoms with Gasteiger partial charge in [-0.2, -0.15) is 0 Å². The van der Waals surface area contributed by atoms with Crippen molar-refractivity contribution in [2.24, 2.45) is 0 Å². The Balaban J connectivity index is 1.55. The van der Waals surface area contributed by atoms with Gasteiger partial charge in [0.1, 0.15) is 24.7 Å². The van der Waals surface area contributed by atoms with Crippen molar-refractivity contribution in [3.63, 3.8) is 0 Å². The number of sulfone groups is 1. The van der Waals surface area contributed by atoms with Gasteiger partial charge in [0.15, 0.2) is 9.84 Å². The minimum absolute atomic E-state index is 0.181. The average Bonchev–Trinajstić information content (AvgIpc) is 2.80. The van der Waals surface area contributed by atoms with Gasteiger partial charge in [-0.3, -0.25) is 20.4 Å². The number of benzene rings is 3. The van der Waals surface area contributed by atoms with E-state index in [1.807, 2.05) is 30.3 Å². The summed E-state index contributed by atoms with van der Waals surface area (Å²) in [6.07, 6.45) is 1.12. The summed E-state index contributed by atoms with van der Waals surface area (Å²) in [5, 5.41) is 0. The van der Waals surface area contributed by atoms with E-state index in [9.17, 15) is 18.0 Å². The first-order valence-corrected chi connectivity index (χ1v) is 12.1. The van der Waals surface area contributed by atoms with Crippen LogP contribution in [0.4, 0.5) is 0 Å². The molecular formula is C24H24N2O6S. The number of amides is 2. The number of carbonyl (C=O) groups is 2. The average molecular weight is 469 g/mol. The molecule has 0 aliphatic heterocycles. The van der Waals surface area contributed by atoms with Crippen LogP contribution in [0.3, 0.4) is 0 Å². The van der Waals surface area contributed by atoms with Gasteiger partial charge in [0.25, 0.3) is 11.8 Å². The summed E-state index contributed by atoms with van der Waals surface area (Å²) < 4.78 is 34.2. The number of rotatable bonds is 9. The summed E-state index contributed by atoms with van der Waals surface area (Å²) in [5.74, 6) is -0.255. The first-order valence-electron chi connectivity index (χ1n) is 10.1. The topological polar surface area (TPSA) is 111 Å². The number of carbonyl (C=O) groups excluding carboxylic acids is 2. The van der Waals surface area contributed by atoms with Crippen molar-refractivity contribution in [3.05, 3.63) is 95.6 Å². The van der Waals surface area contributed by atoms with E-state index in [-0.39, 0.29) is 23.5 Å². The molecule has 0 spiro atoms. The summed E-state index contributed by atoms with van der Waals surface area (Å²) in [5.41, 5.74) is 5.63. The molecule has 3 aromatic carbocycles. The summed E-state index contributed by atoms with van der Waals surface area (Å²) >= 11 is 0. The predicted octanol–water partition coefficient (Wildman–Crippen LogP) is 2.76. The second kappa shape index (κ2) is 11.1. The highest BCUT2D eigenvalue weighted by molar-refractivity contribution is 7.89. The van der Waals surface area contributed by atoms with Gasteiger partial charge in [-0.15, -0.1) is 0 Å². The smallest absolute Gasteiger partial charge is 0.273 e. The Labute approximate surface area is 192 Å². The lowest BCUT2D eigenvalue weighted by atomic mass is 10.1. The van der Waals surface area contributed by atoms with Crippen LogP contribution in [0.25, 0.3) is 0 Å². The fraction of sp³-hybridized carbons (Fsp3) is 0.167. The lowest BCUT2D eigenvalue weighted by molar-refractivity contribution is 0.0843. The van der Waals surface area contributed by atoms with Crippen LogP contribution in [-0.2, 0) is 15.6 Å². The van der Waals surface area contributed by atoms with Crippen LogP contribution in [0.1, 0.15) is 26.3 Å². The molecule has 172 valence electrons. The summed E-state index contributed by atoms with van der Waals surface area (Å²) in [4.78, 5) is 25.0. The van der Waals surface area contributed by atoms with Crippen molar-refractivity contribution in [1.29, 1.82) is 0 Å². The van der Waals surface area contributed by atoms with Gasteiger partial charge in [0, 0.05) is 11.8 Å². The highest BCUT2D eigenvalue weighted by Gasteiger charge is 2.14. The van der Waals surface area contributed by atoms with Gasteiger partial charge < -0.3 is 9.47 Å².